The first-order valence-electron chi connectivity index (χ1n) is 11.7. The number of carbonyl (C=O) groups excluding carboxylic acids is 1. The van der Waals surface area contributed by atoms with Gasteiger partial charge in [-0.1, -0.05) is 57.2 Å². The minimum absolute atomic E-state index is 0.0653. The van der Waals surface area contributed by atoms with Crippen molar-refractivity contribution in [1.29, 1.82) is 0 Å². The van der Waals surface area contributed by atoms with E-state index in [9.17, 15) is 9.18 Å². The maximum absolute atomic E-state index is 13.9. The van der Waals surface area contributed by atoms with Gasteiger partial charge in [-0.15, -0.1) is 11.3 Å². The van der Waals surface area contributed by atoms with Crippen LogP contribution in [0.2, 0.25) is 0 Å². The predicted octanol–water partition coefficient (Wildman–Crippen LogP) is 6.60. The zero-order valence-electron chi connectivity index (χ0n) is 20.2. The van der Waals surface area contributed by atoms with Gasteiger partial charge in [0.15, 0.2) is 5.54 Å². The minimum atomic E-state index is -0.988. The molecule has 2 atom stereocenters. The van der Waals surface area contributed by atoms with Crippen LogP contribution in [-0.4, -0.2) is 23.7 Å². The molecule has 2 heterocycles. The number of anilines is 1. The lowest BCUT2D eigenvalue weighted by Crippen LogP contribution is -2.57. The molecule has 4 nitrogen and oxygen atoms in total. The van der Waals surface area contributed by atoms with E-state index in [1.165, 1.54) is 12.1 Å². The number of carbonyl (C=O) groups is 1. The number of thiophene rings is 1. The molecule has 1 aromatic heterocycles. The van der Waals surface area contributed by atoms with Crippen molar-refractivity contribution in [1.82, 2.24) is 5.32 Å². The Morgan fingerprint density at radius 2 is 1.79 bits per heavy atom. The van der Waals surface area contributed by atoms with Crippen LogP contribution in [0.25, 0.3) is 0 Å². The Labute approximate surface area is 205 Å². The fraction of sp³-hybridized carbons (Fsp3) is 0.357. The van der Waals surface area contributed by atoms with Gasteiger partial charge in [-0.25, -0.2) is 9.40 Å². The molecule has 1 amide bonds. The van der Waals surface area contributed by atoms with Gasteiger partial charge < -0.3 is 5.32 Å². The summed E-state index contributed by atoms with van der Waals surface area (Å²) < 4.78 is 13.7. The molecular formula is C28H32FN3OS. The van der Waals surface area contributed by atoms with Crippen LogP contribution >= 0.6 is 11.3 Å². The summed E-state index contributed by atoms with van der Waals surface area (Å²) in [7, 11) is 0. The molecule has 1 N–H and O–H groups in total. The number of halogens is 1. The number of nitrogens with one attached hydrogen (secondary N) is 1. The van der Waals surface area contributed by atoms with Crippen LogP contribution in [0, 0.1) is 11.2 Å². The first-order valence-corrected chi connectivity index (χ1v) is 12.6. The summed E-state index contributed by atoms with van der Waals surface area (Å²) in [5, 5.41) is 12.1. The van der Waals surface area contributed by atoms with E-state index in [-0.39, 0.29) is 23.1 Å². The van der Waals surface area contributed by atoms with Gasteiger partial charge in [-0.2, -0.15) is 5.10 Å². The quantitative estimate of drug-likeness (QED) is 0.390. The number of hydrazone groups is 1. The Bertz CT molecular complexity index is 1140. The Morgan fingerprint density at radius 3 is 2.41 bits per heavy atom. The lowest BCUT2D eigenvalue weighted by Gasteiger charge is -2.37. The number of benzene rings is 2. The molecule has 0 spiro atoms. The Kier molecular flexibility index (Phi) is 6.89. The highest BCUT2D eigenvalue weighted by Gasteiger charge is 2.55. The summed E-state index contributed by atoms with van der Waals surface area (Å²) >= 11 is 1.61. The van der Waals surface area contributed by atoms with Crippen molar-refractivity contribution in [3.8, 4) is 0 Å². The maximum atomic E-state index is 13.9. The van der Waals surface area contributed by atoms with Gasteiger partial charge in [0.1, 0.15) is 5.82 Å². The zero-order chi connectivity index (χ0) is 24.3. The molecule has 6 heteroatoms. The normalized spacial score (nSPS) is 20.3. The van der Waals surface area contributed by atoms with Crippen molar-refractivity contribution in [2.24, 2.45) is 10.5 Å². The predicted molar refractivity (Wildman–Crippen MR) is 139 cm³/mol. The van der Waals surface area contributed by atoms with Crippen LogP contribution in [-0.2, 0) is 4.79 Å². The Hall–Kier alpha value is -2.99. The lowest BCUT2D eigenvalue weighted by atomic mass is 9.78. The molecule has 34 heavy (non-hydrogen) atoms. The summed E-state index contributed by atoms with van der Waals surface area (Å²) in [4.78, 5) is 15.0. The second-order valence-electron chi connectivity index (χ2n) is 10.2. The van der Waals surface area contributed by atoms with E-state index in [1.807, 2.05) is 59.8 Å². The van der Waals surface area contributed by atoms with Gasteiger partial charge >= 0.3 is 0 Å². The summed E-state index contributed by atoms with van der Waals surface area (Å²) in [6.07, 6.45) is 1.93. The highest BCUT2D eigenvalue weighted by Crippen LogP contribution is 2.46. The summed E-state index contributed by atoms with van der Waals surface area (Å²) in [5.74, 6) is -0.667. The van der Waals surface area contributed by atoms with Crippen LogP contribution in [0.4, 0.5) is 10.1 Å². The molecule has 0 bridgehead atoms. The molecule has 2 aromatic carbocycles. The smallest absolute Gasteiger partial charge is 0.248 e. The molecule has 2 unspecified atom stereocenters. The minimum Gasteiger partial charge on any atom is -0.354 e. The first kappa shape index (κ1) is 24.1. The number of amides is 1. The summed E-state index contributed by atoms with van der Waals surface area (Å²) in [5.41, 5.74) is 1.64. The third-order valence-corrected chi connectivity index (χ3v) is 7.24. The molecule has 0 saturated heterocycles. The first-order chi connectivity index (χ1) is 16.2. The molecule has 1 aliphatic heterocycles. The monoisotopic (exact) mass is 477 g/mol. The number of para-hydroxylation sites is 1. The van der Waals surface area contributed by atoms with E-state index >= 15 is 0 Å². The SMILES string of the molecule is CC(C)(C)CCCNC(=O)C1(C)C(c2cccs2)C(c2ccc(F)cc2)=NN1c1ccccc1. The van der Waals surface area contributed by atoms with Gasteiger partial charge in [0.25, 0.3) is 0 Å². The maximum Gasteiger partial charge on any atom is 0.248 e. The number of nitrogens with zero attached hydrogens (tertiary/aromatic N) is 2. The van der Waals surface area contributed by atoms with Crippen LogP contribution in [0.15, 0.2) is 77.2 Å². The molecule has 178 valence electrons. The van der Waals surface area contributed by atoms with Crippen LogP contribution < -0.4 is 10.3 Å². The Morgan fingerprint density at radius 1 is 1.09 bits per heavy atom. The van der Waals surface area contributed by atoms with Gasteiger partial charge in [-0.3, -0.25) is 4.79 Å². The van der Waals surface area contributed by atoms with E-state index in [0.717, 1.165) is 34.7 Å². The van der Waals surface area contributed by atoms with Crippen molar-refractivity contribution < 1.29 is 9.18 Å². The second-order valence-corrected chi connectivity index (χ2v) is 11.1. The van der Waals surface area contributed by atoms with Crippen molar-refractivity contribution in [2.75, 3.05) is 11.6 Å². The summed E-state index contributed by atoms with van der Waals surface area (Å²) in [6.45, 7) is 9.19. The van der Waals surface area contributed by atoms with E-state index in [4.69, 9.17) is 5.10 Å². The number of hydrogen-bond acceptors (Lipinski definition) is 4. The molecule has 0 saturated carbocycles. The largest absolute Gasteiger partial charge is 0.354 e. The third kappa shape index (κ3) is 4.92. The van der Waals surface area contributed by atoms with Gasteiger partial charge in [0, 0.05) is 11.4 Å². The average Bonchev–Trinajstić information content (AvgIpc) is 3.43. The van der Waals surface area contributed by atoms with Crippen molar-refractivity contribution in [2.45, 2.75) is 52.0 Å². The third-order valence-electron chi connectivity index (χ3n) is 6.30. The highest BCUT2D eigenvalue weighted by atomic mass is 32.1. The van der Waals surface area contributed by atoms with E-state index < -0.39 is 5.54 Å². The van der Waals surface area contributed by atoms with Gasteiger partial charge in [0.05, 0.1) is 17.3 Å². The number of rotatable bonds is 7. The fourth-order valence-electron chi connectivity index (χ4n) is 4.49. The zero-order valence-corrected chi connectivity index (χ0v) is 21.0. The van der Waals surface area contributed by atoms with Gasteiger partial charge in [0.2, 0.25) is 5.91 Å². The molecule has 0 radical (unpaired) electrons. The fourth-order valence-corrected chi connectivity index (χ4v) is 5.44. The topological polar surface area (TPSA) is 44.7 Å². The molecular weight excluding hydrogens is 445 g/mol. The molecule has 1 aliphatic rings. The molecule has 0 aliphatic carbocycles. The lowest BCUT2D eigenvalue weighted by molar-refractivity contribution is -0.125. The highest BCUT2D eigenvalue weighted by molar-refractivity contribution is 7.10. The van der Waals surface area contributed by atoms with Crippen LogP contribution in [0.3, 0.4) is 0 Å². The van der Waals surface area contributed by atoms with Crippen LogP contribution in [0.5, 0.6) is 0 Å². The molecule has 0 fully saturated rings. The molecule has 4 rings (SSSR count). The van der Waals surface area contributed by atoms with E-state index in [1.54, 1.807) is 23.5 Å². The van der Waals surface area contributed by atoms with Gasteiger partial charge in [-0.05, 0) is 66.5 Å². The van der Waals surface area contributed by atoms with Crippen molar-refractivity contribution >= 4 is 28.6 Å². The molecule has 3 aromatic rings. The second kappa shape index (κ2) is 9.71. The van der Waals surface area contributed by atoms with Crippen LogP contribution in [0.1, 0.15) is 56.9 Å². The van der Waals surface area contributed by atoms with E-state index in [0.29, 0.717) is 6.54 Å². The van der Waals surface area contributed by atoms with Crippen molar-refractivity contribution in [3.63, 3.8) is 0 Å². The summed E-state index contributed by atoms with van der Waals surface area (Å²) in [6, 6.07) is 20.2. The van der Waals surface area contributed by atoms with Crippen molar-refractivity contribution in [3.05, 3.63) is 88.4 Å². The van der Waals surface area contributed by atoms with E-state index in [2.05, 4.69) is 26.1 Å². The standard InChI is InChI=1S/C28H32FN3OS/c1-27(2,3)17-9-18-30-26(33)28(4)24(23-12-8-19-34-23)25(20-13-15-21(29)16-14-20)31-32(28)22-10-6-5-7-11-22/h5-8,10-16,19,24H,9,17-18H2,1-4H3,(H,30,33). The average molecular weight is 478 g/mol. The number of hydrogen-bond donors (Lipinski definition) is 1. The Balaban J connectivity index is 1.75.